The Labute approximate surface area is 145 Å². The predicted octanol–water partition coefficient (Wildman–Crippen LogP) is 1.92. The molecule has 1 aromatic carbocycles. The number of likely N-dealkylation sites (N-methyl/N-ethyl adjacent to an activating group) is 2. The lowest BCUT2D eigenvalue weighted by Gasteiger charge is -2.23. The largest absolute Gasteiger partial charge is 0.435 e. The van der Waals surface area contributed by atoms with E-state index in [-0.39, 0.29) is 29.5 Å². The Balaban J connectivity index is 2.23. The molecule has 0 N–H and O–H groups in total. The van der Waals surface area contributed by atoms with Crippen LogP contribution in [0.5, 0.6) is 5.75 Å². The second kappa shape index (κ2) is 7.49. The Morgan fingerprint density at radius 2 is 1.92 bits per heavy atom. The number of benzene rings is 1. The first-order chi connectivity index (χ1) is 11.6. The summed E-state index contributed by atoms with van der Waals surface area (Å²) in [6, 6.07) is 4.41. The molecular formula is C16H20F2N2O4S. The predicted molar refractivity (Wildman–Crippen MR) is 89.6 cm³/mol. The number of sulfonamides is 1. The summed E-state index contributed by atoms with van der Waals surface area (Å²) in [5, 5.41) is 0. The SMILES string of the molecule is CN(C)C(=O)CN(C)S(=O)(=O)C1=Cc2ccc(OC(F)F)cc2CC1. The van der Waals surface area contributed by atoms with Gasteiger partial charge in [-0.05, 0) is 42.2 Å². The molecule has 1 aliphatic rings. The van der Waals surface area contributed by atoms with E-state index in [1.54, 1.807) is 20.2 Å². The van der Waals surface area contributed by atoms with Crippen molar-refractivity contribution in [3.05, 3.63) is 34.2 Å². The first-order valence-electron chi connectivity index (χ1n) is 7.56. The zero-order chi connectivity index (χ0) is 18.8. The van der Waals surface area contributed by atoms with Gasteiger partial charge in [0.2, 0.25) is 15.9 Å². The van der Waals surface area contributed by atoms with Crippen molar-refractivity contribution >= 4 is 22.0 Å². The molecule has 1 amide bonds. The van der Waals surface area contributed by atoms with Gasteiger partial charge < -0.3 is 9.64 Å². The lowest BCUT2D eigenvalue weighted by Crippen LogP contribution is -2.38. The van der Waals surface area contributed by atoms with Crippen LogP contribution in [-0.4, -0.2) is 57.8 Å². The van der Waals surface area contributed by atoms with Crippen LogP contribution in [0.1, 0.15) is 17.5 Å². The quantitative estimate of drug-likeness (QED) is 0.763. The maximum Gasteiger partial charge on any atom is 0.387 e. The summed E-state index contributed by atoms with van der Waals surface area (Å²) in [4.78, 5) is 13.2. The molecule has 25 heavy (non-hydrogen) atoms. The van der Waals surface area contributed by atoms with Gasteiger partial charge in [0.25, 0.3) is 0 Å². The topological polar surface area (TPSA) is 66.9 Å². The van der Waals surface area contributed by atoms with Crippen molar-refractivity contribution in [2.45, 2.75) is 19.5 Å². The van der Waals surface area contributed by atoms with E-state index in [0.717, 1.165) is 9.87 Å². The molecule has 1 aromatic rings. The summed E-state index contributed by atoms with van der Waals surface area (Å²) in [7, 11) is 0.694. The minimum Gasteiger partial charge on any atom is -0.435 e. The van der Waals surface area contributed by atoms with Crippen LogP contribution in [0.2, 0.25) is 0 Å². The van der Waals surface area contributed by atoms with Crippen molar-refractivity contribution in [1.29, 1.82) is 0 Å². The van der Waals surface area contributed by atoms with Gasteiger partial charge in [-0.15, -0.1) is 0 Å². The first-order valence-corrected chi connectivity index (χ1v) is 9.00. The molecule has 138 valence electrons. The van der Waals surface area contributed by atoms with Crippen LogP contribution in [0.25, 0.3) is 6.08 Å². The Hall–Kier alpha value is -2.00. The fourth-order valence-corrected chi connectivity index (χ4v) is 3.76. The van der Waals surface area contributed by atoms with Crippen LogP contribution >= 0.6 is 0 Å². The second-order valence-electron chi connectivity index (χ2n) is 5.90. The maximum atomic E-state index is 12.6. The Bertz CT molecular complexity index is 791. The van der Waals surface area contributed by atoms with E-state index in [1.807, 2.05) is 0 Å². The molecule has 0 spiro atoms. The Morgan fingerprint density at radius 1 is 1.24 bits per heavy atom. The van der Waals surface area contributed by atoms with Crippen LogP contribution in [0.4, 0.5) is 8.78 Å². The number of ether oxygens (including phenoxy) is 1. The third-order valence-corrected chi connectivity index (χ3v) is 5.83. The van der Waals surface area contributed by atoms with E-state index in [0.29, 0.717) is 12.0 Å². The van der Waals surface area contributed by atoms with Crippen LogP contribution < -0.4 is 4.74 Å². The number of allylic oxidation sites excluding steroid dienone is 1. The number of alkyl halides is 2. The molecule has 0 aromatic heterocycles. The van der Waals surface area contributed by atoms with Gasteiger partial charge in [0.1, 0.15) is 5.75 Å². The molecule has 2 rings (SSSR count). The van der Waals surface area contributed by atoms with E-state index in [4.69, 9.17) is 0 Å². The van der Waals surface area contributed by atoms with Crippen LogP contribution in [0.15, 0.2) is 23.1 Å². The van der Waals surface area contributed by atoms with Gasteiger partial charge in [-0.2, -0.15) is 13.1 Å². The van der Waals surface area contributed by atoms with Gasteiger partial charge >= 0.3 is 6.61 Å². The van der Waals surface area contributed by atoms with Gasteiger partial charge in [0.15, 0.2) is 0 Å². The van der Waals surface area contributed by atoms with Gasteiger partial charge in [-0.3, -0.25) is 4.79 Å². The fourth-order valence-electron chi connectivity index (χ4n) is 2.44. The average Bonchev–Trinajstić information content (AvgIpc) is 2.53. The van der Waals surface area contributed by atoms with Gasteiger partial charge in [-0.25, -0.2) is 8.42 Å². The number of aryl methyl sites for hydroxylation is 1. The molecule has 9 heteroatoms. The van der Waals surface area contributed by atoms with Crippen molar-refractivity contribution < 1.29 is 26.7 Å². The highest BCUT2D eigenvalue weighted by Gasteiger charge is 2.28. The van der Waals surface area contributed by atoms with Crippen molar-refractivity contribution in [3.63, 3.8) is 0 Å². The standard InChI is InChI=1S/C16H20F2N2O4S/c1-19(2)15(21)10-20(3)25(22,23)14-7-5-11-8-13(24-16(17)18)6-4-12(11)9-14/h4,6,8-9,16H,5,7,10H2,1-3H3. The number of rotatable bonds is 6. The van der Waals surface area contributed by atoms with E-state index in [2.05, 4.69) is 4.74 Å². The minimum atomic E-state index is -3.77. The summed E-state index contributed by atoms with van der Waals surface area (Å²) in [6.45, 7) is -3.16. The number of hydrogen-bond donors (Lipinski definition) is 0. The van der Waals surface area contributed by atoms with Crippen molar-refractivity contribution in [3.8, 4) is 5.75 Å². The fraction of sp³-hybridized carbons (Fsp3) is 0.438. The lowest BCUT2D eigenvalue weighted by molar-refractivity contribution is -0.128. The molecule has 1 aliphatic carbocycles. The molecule has 0 unspecified atom stereocenters. The number of carbonyl (C=O) groups excluding carboxylic acids is 1. The molecule has 0 fully saturated rings. The molecule has 0 atom stereocenters. The average molecular weight is 374 g/mol. The number of carbonyl (C=O) groups is 1. The normalized spacial score (nSPS) is 14.3. The summed E-state index contributed by atoms with van der Waals surface area (Å²) in [6.07, 6.45) is 2.13. The Kier molecular flexibility index (Phi) is 5.79. The molecule has 0 saturated carbocycles. The zero-order valence-electron chi connectivity index (χ0n) is 14.2. The molecule has 6 nitrogen and oxygen atoms in total. The van der Waals surface area contributed by atoms with Crippen molar-refractivity contribution in [2.75, 3.05) is 27.7 Å². The zero-order valence-corrected chi connectivity index (χ0v) is 15.0. The molecule has 0 radical (unpaired) electrons. The number of nitrogens with zero attached hydrogens (tertiary/aromatic N) is 2. The molecular weight excluding hydrogens is 354 g/mol. The monoisotopic (exact) mass is 374 g/mol. The van der Waals surface area contributed by atoms with Crippen LogP contribution in [0, 0.1) is 0 Å². The van der Waals surface area contributed by atoms with E-state index in [9.17, 15) is 22.0 Å². The minimum absolute atomic E-state index is 0.0437. The highest BCUT2D eigenvalue weighted by Crippen LogP contribution is 2.31. The van der Waals surface area contributed by atoms with E-state index >= 15 is 0 Å². The summed E-state index contributed by atoms with van der Waals surface area (Å²) < 4.78 is 55.2. The van der Waals surface area contributed by atoms with Crippen molar-refractivity contribution in [1.82, 2.24) is 9.21 Å². The first kappa shape index (κ1) is 19.3. The molecule has 0 heterocycles. The third kappa shape index (κ3) is 4.55. The van der Waals surface area contributed by atoms with E-state index in [1.165, 1.54) is 30.2 Å². The van der Waals surface area contributed by atoms with E-state index < -0.39 is 16.6 Å². The summed E-state index contributed by atoms with van der Waals surface area (Å²) in [5.74, 6) is -0.279. The van der Waals surface area contributed by atoms with Gasteiger partial charge in [0, 0.05) is 21.1 Å². The lowest BCUT2D eigenvalue weighted by atomic mass is 9.97. The second-order valence-corrected chi connectivity index (χ2v) is 8.00. The number of halogens is 2. The molecule has 0 aliphatic heterocycles. The Morgan fingerprint density at radius 3 is 2.52 bits per heavy atom. The van der Waals surface area contributed by atoms with Gasteiger partial charge in [-0.1, -0.05) is 6.07 Å². The maximum absolute atomic E-state index is 12.6. The number of fused-ring (bicyclic) bond motifs is 1. The summed E-state index contributed by atoms with van der Waals surface area (Å²) >= 11 is 0. The molecule has 0 bridgehead atoms. The van der Waals surface area contributed by atoms with Gasteiger partial charge in [0.05, 0.1) is 11.4 Å². The number of hydrogen-bond acceptors (Lipinski definition) is 4. The highest BCUT2D eigenvalue weighted by atomic mass is 32.2. The molecule has 0 saturated heterocycles. The summed E-state index contributed by atoms with van der Waals surface area (Å²) in [5.41, 5.74) is 1.38. The third-order valence-electron chi connectivity index (χ3n) is 3.90. The number of amides is 1. The van der Waals surface area contributed by atoms with Crippen LogP contribution in [-0.2, 0) is 21.2 Å². The highest BCUT2D eigenvalue weighted by molar-refractivity contribution is 7.93. The smallest absolute Gasteiger partial charge is 0.387 e. The van der Waals surface area contributed by atoms with Crippen LogP contribution in [0.3, 0.4) is 0 Å². The van der Waals surface area contributed by atoms with Crippen molar-refractivity contribution in [2.24, 2.45) is 0 Å².